The van der Waals surface area contributed by atoms with Gasteiger partial charge < -0.3 is 10.2 Å². The van der Waals surface area contributed by atoms with Crippen LogP contribution in [0.4, 0.5) is 5.69 Å². The minimum absolute atomic E-state index is 0.463. The maximum Gasteiger partial charge on any atom is 0.0621 e. The van der Waals surface area contributed by atoms with Crippen LogP contribution < -0.4 is 5.32 Å². The van der Waals surface area contributed by atoms with Crippen molar-refractivity contribution in [2.75, 3.05) is 25.0 Å². The Balaban J connectivity index is 1.43. The smallest absolute Gasteiger partial charge is 0.0621 e. The van der Waals surface area contributed by atoms with Gasteiger partial charge >= 0.3 is 0 Å². The van der Waals surface area contributed by atoms with Crippen LogP contribution in [0.15, 0.2) is 24.3 Å². The van der Waals surface area contributed by atoms with Gasteiger partial charge in [0.25, 0.3) is 0 Å². The van der Waals surface area contributed by atoms with Gasteiger partial charge in [-0.1, -0.05) is 37.0 Å². The van der Waals surface area contributed by atoms with Crippen LogP contribution in [-0.4, -0.2) is 30.6 Å². The highest BCUT2D eigenvalue weighted by Gasteiger charge is 2.32. The monoisotopic (exact) mass is 353 g/mol. The van der Waals surface area contributed by atoms with Gasteiger partial charge in [-0.15, -0.1) is 0 Å². The second kappa shape index (κ2) is 9.42. The molecule has 3 rings (SSSR count). The summed E-state index contributed by atoms with van der Waals surface area (Å²) in [5.41, 5.74) is 3.04. The van der Waals surface area contributed by atoms with Gasteiger partial charge in [-0.2, -0.15) is 5.26 Å². The van der Waals surface area contributed by atoms with Crippen molar-refractivity contribution in [1.82, 2.24) is 4.90 Å². The van der Waals surface area contributed by atoms with Crippen molar-refractivity contribution in [3.05, 3.63) is 29.8 Å². The molecule has 3 heteroatoms. The van der Waals surface area contributed by atoms with Gasteiger partial charge in [-0.3, -0.25) is 0 Å². The Morgan fingerprint density at radius 3 is 2.42 bits per heavy atom. The fourth-order valence-electron chi connectivity index (χ4n) is 4.83. The number of rotatable bonds is 7. The summed E-state index contributed by atoms with van der Waals surface area (Å²) in [6.45, 7) is 5.77. The van der Waals surface area contributed by atoms with Gasteiger partial charge in [0.1, 0.15) is 0 Å². The van der Waals surface area contributed by atoms with E-state index in [-0.39, 0.29) is 0 Å². The minimum Gasteiger partial charge on any atom is -0.382 e. The molecule has 1 aromatic rings. The van der Waals surface area contributed by atoms with Crippen molar-refractivity contribution in [2.45, 2.75) is 77.2 Å². The molecule has 0 aromatic heterocycles. The first-order valence-electron chi connectivity index (χ1n) is 10.6. The Morgan fingerprint density at radius 2 is 1.77 bits per heavy atom. The number of aryl methyl sites for hydroxylation is 1. The zero-order chi connectivity index (χ0) is 18.2. The molecule has 0 amide bonds. The van der Waals surface area contributed by atoms with Crippen molar-refractivity contribution in [3.8, 4) is 6.07 Å². The fourth-order valence-corrected chi connectivity index (χ4v) is 4.83. The molecule has 2 aliphatic rings. The van der Waals surface area contributed by atoms with E-state index < -0.39 is 0 Å². The van der Waals surface area contributed by atoms with Crippen molar-refractivity contribution < 1.29 is 0 Å². The van der Waals surface area contributed by atoms with Crippen LogP contribution in [-0.2, 0) is 0 Å². The molecule has 0 atom stereocenters. The van der Waals surface area contributed by atoms with Gasteiger partial charge in [0.2, 0.25) is 0 Å². The molecule has 2 fully saturated rings. The van der Waals surface area contributed by atoms with Gasteiger partial charge in [-0.25, -0.2) is 0 Å². The van der Waals surface area contributed by atoms with E-state index in [1.807, 2.05) is 0 Å². The average Bonchev–Trinajstić information content (AvgIpc) is 2.69. The standard InChI is InChI=1S/C23H35N3/c1-20-6-8-21(9-7-20)25-22-10-17-26(18-11-22)19-15-23(14-5-16-24)12-3-2-4-13-23/h6-9,22,25H,2-5,10-15,17-19H2,1H3. The molecule has 1 saturated carbocycles. The number of nitrogens with zero attached hydrogens (tertiary/aromatic N) is 2. The lowest BCUT2D eigenvalue weighted by Gasteiger charge is -2.40. The first-order chi connectivity index (χ1) is 12.7. The molecule has 3 nitrogen and oxygen atoms in total. The third-order valence-corrected chi connectivity index (χ3v) is 6.65. The summed E-state index contributed by atoms with van der Waals surface area (Å²) in [7, 11) is 0. The minimum atomic E-state index is 0.463. The van der Waals surface area contributed by atoms with E-state index in [1.165, 1.54) is 82.3 Å². The Labute approximate surface area is 159 Å². The van der Waals surface area contributed by atoms with E-state index in [4.69, 9.17) is 5.26 Å². The van der Waals surface area contributed by atoms with Crippen LogP contribution in [0.1, 0.15) is 69.8 Å². The molecule has 1 N–H and O–H groups in total. The Morgan fingerprint density at radius 1 is 1.08 bits per heavy atom. The molecule has 142 valence electrons. The molecule has 0 spiro atoms. The second-order valence-corrected chi connectivity index (χ2v) is 8.60. The second-order valence-electron chi connectivity index (χ2n) is 8.60. The molecule has 0 radical (unpaired) electrons. The summed E-state index contributed by atoms with van der Waals surface area (Å²) in [6.07, 6.45) is 12.5. The molecular formula is C23H35N3. The molecule has 1 aromatic carbocycles. The van der Waals surface area contributed by atoms with Gasteiger partial charge in [-0.05, 0) is 69.5 Å². The number of likely N-dealkylation sites (tertiary alicyclic amines) is 1. The SMILES string of the molecule is Cc1ccc(NC2CCN(CCC3(CCC#N)CCCCC3)CC2)cc1. The Kier molecular flexibility index (Phi) is 6.97. The third-order valence-electron chi connectivity index (χ3n) is 6.65. The largest absolute Gasteiger partial charge is 0.382 e. The maximum atomic E-state index is 9.03. The molecule has 1 heterocycles. The predicted octanol–water partition coefficient (Wildman–Crippen LogP) is 5.52. The van der Waals surface area contributed by atoms with E-state index in [2.05, 4.69) is 47.5 Å². The fraction of sp³-hybridized carbons (Fsp3) is 0.696. The van der Waals surface area contributed by atoms with Gasteiger partial charge in [0, 0.05) is 31.2 Å². The molecule has 26 heavy (non-hydrogen) atoms. The van der Waals surface area contributed by atoms with Crippen LogP contribution in [0.3, 0.4) is 0 Å². The predicted molar refractivity (Wildman–Crippen MR) is 109 cm³/mol. The molecular weight excluding hydrogens is 318 g/mol. The van der Waals surface area contributed by atoms with E-state index in [0.29, 0.717) is 11.5 Å². The lowest BCUT2D eigenvalue weighted by atomic mass is 9.69. The van der Waals surface area contributed by atoms with Crippen LogP contribution >= 0.6 is 0 Å². The topological polar surface area (TPSA) is 39.1 Å². The molecule has 0 bridgehead atoms. The van der Waals surface area contributed by atoms with E-state index in [1.54, 1.807) is 0 Å². The van der Waals surface area contributed by atoms with Crippen molar-refractivity contribution >= 4 is 5.69 Å². The summed E-state index contributed by atoms with van der Waals surface area (Å²) in [6, 6.07) is 11.8. The summed E-state index contributed by atoms with van der Waals surface area (Å²) in [4.78, 5) is 2.66. The Bertz CT molecular complexity index is 572. The number of piperidine rings is 1. The maximum absolute atomic E-state index is 9.03. The lowest BCUT2D eigenvalue weighted by Crippen LogP contribution is -2.41. The van der Waals surface area contributed by atoms with Crippen LogP contribution in [0.2, 0.25) is 0 Å². The van der Waals surface area contributed by atoms with Crippen LogP contribution in [0.25, 0.3) is 0 Å². The highest BCUT2D eigenvalue weighted by molar-refractivity contribution is 5.45. The Hall–Kier alpha value is -1.53. The van der Waals surface area contributed by atoms with E-state index in [9.17, 15) is 0 Å². The highest BCUT2D eigenvalue weighted by atomic mass is 15.1. The van der Waals surface area contributed by atoms with Crippen LogP contribution in [0, 0.1) is 23.7 Å². The molecule has 0 unspecified atom stereocenters. The molecule has 1 aliphatic heterocycles. The number of nitriles is 1. The van der Waals surface area contributed by atoms with Gasteiger partial charge in [0.15, 0.2) is 0 Å². The molecule has 1 saturated heterocycles. The zero-order valence-electron chi connectivity index (χ0n) is 16.5. The summed E-state index contributed by atoms with van der Waals surface area (Å²) >= 11 is 0. The molecule has 1 aliphatic carbocycles. The van der Waals surface area contributed by atoms with Gasteiger partial charge in [0.05, 0.1) is 6.07 Å². The summed E-state index contributed by atoms with van der Waals surface area (Å²) in [5, 5.41) is 12.7. The van der Waals surface area contributed by atoms with Crippen molar-refractivity contribution in [1.29, 1.82) is 5.26 Å². The zero-order valence-corrected chi connectivity index (χ0v) is 16.5. The summed E-state index contributed by atoms with van der Waals surface area (Å²) < 4.78 is 0. The normalized spacial score (nSPS) is 21.2. The number of hydrogen-bond donors (Lipinski definition) is 1. The quantitative estimate of drug-likeness (QED) is 0.702. The van der Waals surface area contributed by atoms with Crippen LogP contribution in [0.5, 0.6) is 0 Å². The number of hydrogen-bond acceptors (Lipinski definition) is 3. The number of benzene rings is 1. The van der Waals surface area contributed by atoms with E-state index >= 15 is 0 Å². The number of anilines is 1. The lowest BCUT2D eigenvalue weighted by molar-refractivity contribution is 0.119. The van der Waals surface area contributed by atoms with Crippen molar-refractivity contribution in [2.24, 2.45) is 5.41 Å². The third kappa shape index (κ3) is 5.48. The average molecular weight is 354 g/mol. The van der Waals surface area contributed by atoms with Crippen molar-refractivity contribution in [3.63, 3.8) is 0 Å². The highest BCUT2D eigenvalue weighted by Crippen LogP contribution is 2.43. The summed E-state index contributed by atoms with van der Waals surface area (Å²) in [5.74, 6) is 0. The first kappa shape index (κ1) is 19.2. The van der Waals surface area contributed by atoms with E-state index in [0.717, 1.165) is 12.8 Å². The first-order valence-corrected chi connectivity index (χ1v) is 10.6. The number of nitrogens with one attached hydrogen (secondary N) is 1.